The maximum Gasteiger partial charge on any atom is 0.224 e. The van der Waals surface area contributed by atoms with Crippen LogP contribution in [0.5, 0.6) is 0 Å². The number of carbonyl (C=O) groups is 1. The van der Waals surface area contributed by atoms with Crippen molar-refractivity contribution in [1.29, 1.82) is 0 Å². The number of anilines is 2. The summed E-state index contributed by atoms with van der Waals surface area (Å²) in [6.45, 7) is 4.03. The second-order valence-electron chi connectivity index (χ2n) is 11.5. The number of halogens is 2. The van der Waals surface area contributed by atoms with Gasteiger partial charge in [0.05, 0.1) is 34.7 Å². The van der Waals surface area contributed by atoms with E-state index < -0.39 is 21.7 Å². The number of hydrogen-bond acceptors (Lipinski definition) is 7. The number of imidazole rings is 1. The van der Waals surface area contributed by atoms with E-state index in [4.69, 9.17) is 4.98 Å². The maximum absolute atomic E-state index is 16.4. The van der Waals surface area contributed by atoms with Crippen LogP contribution in [0.4, 0.5) is 20.2 Å². The van der Waals surface area contributed by atoms with Gasteiger partial charge < -0.3 is 15.6 Å². The van der Waals surface area contributed by atoms with Crippen LogP contribution in [0.2, 0.25) is 0 Å². The zero-order valence-corrected chi connectivity index (χ0v) is 26.1. The van der Waals surface area contributed by atoms with Crippen LogP contribution in [-0.4, -0.2) is 47.9 Å². The van der Waals surface area contributed by atoms with Gasteiger partial charge in [0.1, 0.15) is 24.0 Å². The molecule has 4 N–H and O–H groups in total. The Kier molecular flexibility index (Phi) is 8.36. The SMILES string of the molecule is CC(C)CC(=O)Nc1cncc(-c2ccc3c(c2F)C(c2nc4c(-c5cc(F)cc(CNS(C)(=O)=O)c5)cccc4[nH]2)=NCN3)c1. The van der Waals surface area contributed by atoms with E-state index in [2.05, 4.69) is 30.3 Å². The third-order valence-corrected chi connectivity index (χ3v) is 8.02. The number of aromatic amines is 1. The minimum absolute atomic E-state index is 0.0731. The summed E-state index contributed by atoms with van der Waals surface area (Å²) in [5.41, 5.74) is 4.96. The third-order valence-electron chi connectivity index (χ3n) is 7.36. The second kappa shape index (κ2) is 12.4. The lowest BCUT2D eigenvalue weighted by atomic mass is 9.97. The predicted molar refractivity (Wildman–Crippen MR) is 175 cm³/mol. The van der Waals surface area contributed by atoms with Gasteiger partial charge in [-0.1, -0.05) is 26.0 Å². The predicted octanol–water partition coefficient (Wildman–Crippen LogP) is 5.82. The van der Waals surface area contributed by atoms with Crippen molar-refractivity contribution in [2.45, 2.75) is 26.8 Å². The Labute approximate surface area is 264 Å². The second-order valence-corrected chi connectivity index (χ2v) is 13.4. The van der Waals surface area contributed by atoms with Crippen molar-refractivity contribution >= 4 is 44.1 Å². The van der Waals surface area contributed by atoms with Gasteiger partial charge in [0.25, 0.3) is 0 Å². The van der Waals surface area contributed by atoms with Crippen molar-refractivity contribution in [2.24, 2.45) is 10.9 Å². The van der Waals surface area contributed by atoms with Gasteiger partial charge in [-0.3, -0.25) is 14.8 Å². The molecular weight excluding hydrogens is 612 g/mol. The Morgan fingerprint density at radius 3 is 2.63 bits per heavy atom. The zero-order chi connectivity index (χ0) is 32.6. The first-order valence-corrected chi connectivity index (χ1v) is 16.4. The van der Waals surface area contributed by atoms with Crippen LogP contribution in [0.3, 0.4) is 0 Å². The molecule has 0 saturated heterocycles. The van der Waals surface area contributed by atoms with Crippen molar-refractivity contribution in [3.8, 4) is 22.3 Å². The van der Waals surface area contributed by atoms with Crippen LogP contribution in [0.1, 0.15) is 37.2 Å². The lowest BCUT2D eigenvalue weighted by molar-refractivity contribution is -0.116. The highest BCUT2D eigenvalue weighted by Gasteiger charge is 2.26. The van der Waals surface area contributed by atoms with E-state index in [1.165, 1.54) is 24.5 Å². The summed E-state index contributed by atoms with van der Waals surface area (Å²) in [6, 6.07) is 14.8. The molecule has 236 valence electrons. The Morgan fingerprint density at radius 1 is 1.02 bits per heavy atom. The molecule has 1 aliphatic heterocycles. The lowest BCUT2D eigenvalue weighted by Gasteiger charge is -2.20. The molecule has 0 atom stereocenters. The van der Waals surface area contributed by atoms with Crippen LogP contribution in [-0.2, 0) is 21.4 Å². The van der Waals surface area contributed by atoms with Crippen LogP contribution in [0.25, 0.3) is 33.3 Å². The molecule has 6 rings (SSSR count). The Balaban J connectivity index is 1.37. The van der Waals surface area contributed by atoms with E-state index in [0.29, 0.717) is 62.6 Å². The van der Waals surface area contributed by atoms with Crippen LogP contribution >= 0.6 is 0 Å². The highest BCUT2D eigenvalue weighted by atomic mass is 32.2. The van der Waals surface area contributed by atoms with Gasteiger partial charge in [-0.2, -0.15) is 0 Å². The van der Waals surface area contributed by atoms with E-state index in [0.717, 1.165) is 6.26 Å². The number of aromatic nitrogens is 3. The number of rotatable bonds is 9. The van der Waals surface area contributed by atoms with Gasteiger partial charge >= 0.3 is 0 Å². The summed E-state index contributed by atoms with van der Waals surface area (Å²) in [6.07, 6.45) is 4.43. The van der Waals surface area contributed by atoms with Gasteiger partial charge in [0.15, 0.2) is 5.82 Å². The molecule has 46 heavy (non-hydrogen) atoms. The standard InChI is InChI=1S/C33H31F2N7O3S/c1-18(2)9-28(43)40-23-13-21(15-36-16-23)24-7-8-26-29(30(24)35)32(38-17-37-26)33-41-27-6-4-5-25(31(27)42-33)20-10-19(11-22(34)12-20)14-39-46(3,44)45/h4-8,10-13,15-16,18,37,39H,9,14,17H2,1-3H3,(H,40,43)(H,41,42). The Bertz CT molecular complexity index is 2130. The normalized spacial score (nSPS) is 13.0. The maximum atomic E-state index is 16.4. The molecule has 0 aliphatic carbocycles. The minimum atomic E-state index is -3.48. The van der Waals surface area contributed by atoms with Crippen molar-refractivity contribution in [3.63, 3.8) is 0 Å². The number of para-hydroxylation sites is 1. The summed E-state index contributed by atoms with van der Waals surface area (Å²) in [7, 11) is -3.48. The molecule has 13 heteroatoms. The van der Waals surface area contributed by atoms with Gasteiger partial charge in [-0.05, 0) is 59.5 Å². The first kappa shape index (κ1) is 31.0. The fourth-order valence-electron chi connectivity index (χ4n) is 5.39. The highest BCUT2D eigenvalue weighted by Crippen LogP contribution is 2.35. The van der Waals surface area contributed by atoms with Gasteiger partial charge in [0, 0.05) is 41.5 Å². The minimum Gasteiger partial charge on any atom is -0.366 e. The van der Waals surface area contributed by atoms with Gasteiger partial charge in [-0.15, -0.1) is 0 Å². The van der Waals surface area contributed by atoms with E-state index in [1.54, 1.807) is 42.5 Å². The molecule has 5 aromatic rings. The van der Waals surface area contributed by atoms with Crippen molar-refractivity contribution in [3.05, 3.63) is 95.6 Å². The number of hydrogen-bond donors (Lipinski definition) is 4. The smallest absolute Gasteiger partial charge is 0.224 e. The number of benzene rings is 3. The molecule has 0 fully saturated rings. The number of nitrogens with one attached hydrogen (secondary N) is 4. The molecule has 1 amide bonds. The fourth-order valence-corrected chi connectivity index (χ4v) is 5.82. The van der Waals surface area contributed by atoms with Crippen LogP contribution in [0, 0.1) is 17.6 Å². The van der Waals surface area contributed by atoms with E-state index in [-0.39, 0.29) is 36.2 Å². The number of aliphatic imine (C=N–C) groups is 1. The molecule has 0 unspecified atom stereocenters. The summed E-state index contributed by atoms with van der Waals surface area (Å²) < 4.78 is 56.6. The Morgan fingerprint density at radius 2 is 1.85 bits per heavy atom. The number of carbonyl (C=O) groups excluding carboxylic acids is 1. The summed E-state index contributed by atoms with van der Waals surface area (Å²) >= 11 is 0. The molecule has 3 heterocycles. The third kappa shape index (κ3) is 6.65. The fraction of sp³-hybridized carbons (Fsp3) is 0.212. The van der Waals surface area contributed by atoms with E-state index in [9.17, 15) is 17.6 Å². The van der Waals surface area contributed by atoms with Crippen LogP contribution in [0.15, 0.2) is 72.0 Å². The number of pyridine rings is 1. The number of H-pyrrole nitrogens is 1. The van der Waals surface area contributed by atoms with Crippen LogP contribution < -0.4 is 15.4 Å². The van der Waals surface area contributed by atoms with Crippen molar-refractivity contribution < 1.29 is 22.0 Å². The first-order chi connectivity index (χ1) is 21.9. The molecule has 0 saturated carbocycles. The summed E-state index contributed by atoms with van der Waals surface area (Å²) in [5, 5.41) is 5.94. The monoisotopic (exact) mass is 643 g/mol. The average molecular weight is 644 g/mol. The van der Waals surface area contributed by atoms with Gasteiger partial charge in [-0.25, -0.2) is 26.9 Å². The molecule has 2 aromatic heterocycles. The van der Waals surface area contributed by atoms with E-state index >= 15 is 4.39 Å². The largest absolute Gasteiger partial charge is 0.366 e. The number of sulfonamides is 1. The molecule has 1 aliphatic rings. The topological polar surface area (TPSA) is 141 Å². The number of nitrogens with zero attached hydrogens (tertiary/aromatic N) is 3. The van der Waals surface area contributed by atoms with E-state index in [1.807, 2.05) is 13.8 Å². The summed E-state index contributed by atoms with van der Waals surface area (Å²) in [4.78, 5) is 29.2. The average Bonchev–Trinajstić information content (AvgIpc) is 3.44. The first-order valence-electron chi connectivity index (χ1n) is 14.5. The Hall–Kier alpha value is -5.01. The lowest BCUT2D eigenvalue weighted by Crippen LogP contribution is -2.21. The van der Waals surface area contributed by atoms with Crippen molar-refractivity contribution in [2.75, 3.05) is 23.6 Å². The quantitative estimate of drug-likeness (QED) is 0.159. The summed E-state index contributed by atoms with van der Waals surface area (Å²) in [5.74, 6) is -0.707. The number of amides is 1. The highest BCUT2D eigenvalue weighted by molar-refractivity contribution is 7.88. The molecule has 0 bridgehead atoms. The molecular formula is C33H31F2N7O3S. The molecule has 3 aromatic carbocycles. The molecule has 0 spiro atoms. The number of fused-ring (bicyclic) bond motifs is 2. The zero-order valence-electron chi connectivity index (χ0n) is 25.3. The molecule has 10 nitrogen and oxygen atoms in total. The molecule has 0 radical (unpaired) electrons. The van der Waals surface area contributed by atoms with Crippen molar-refractivity contribution in [1.82, 2.24) is 19.7 Å². The van der Waals surface area contributed by atoms with Gasteiger partial charge in [0.2, 0.25) is 15.9 Å².